The van der Waals surface area contributed by atoms with Crippen LogP contribution in [0.2, 0.25) is 0 Å². The minimum atomic E-state index is -0.0747. The number of anilines is 1. The lowest BCUT2D eigenvalue weighted by atomic mass is 10.3. The third kappa shape index (κ3) is 2.83. The van der Waals surface area contributed by atoms with Crippen LogP contribution in [0.3, 0.4) is 0 Å². The molecule has 1 amide bonds. The highest BCUT2D eigenvalue weighted by Gasteiger charge is 2.22. The molecule has 0 saturated heterocycles. The highest BCUT2D eigenvalue weighted by Crippen LogP contribution is 2.19. The van der Waals surface area contributed by atoms with E-state index < -0.39 is 0 Å². The van der Waals surface area contributed by atoms with E-state index in [0.29, 0.717) is 36.9 Å². The molecule has 0 radical (unpaired) electrons. The van der Waals surface area contributed by atoms with Crippen LogP contribution >= 0.6 is 11.6 Å². The van der Waals surface area contributed by atoms with E-state index in [1.807, 2.05) is 0 Å². The summed E-state index contributed by atoms with van der Waals surface area (Å²) in [6.07, 6.45) is 4.67. The molecule has 0 spiro atoms. The minimum Gasteiger partial charge on any atom is -0.341 e. The van der Waals surface area contributed by atoms with Crippen molar-refractivity contribution < 1.29 is 4.79 Å². The topological polar surface area (TPSA) is 74.0 Å². The second-order valence-corrected chi connectivity index (χ2v) is 4.61. The molecule has 1 aromatic heterocycles. The molecular weight excluding hydrogens is 278 g/mol. The first kappa shape index (κ1) is 14.2. The average Bonchev–Trinajstić information content (AvgIpc) is 2.96. The molecule has 6 nitrogen and oxygen atoms in total. The Bertz CT molecular complexity index is 598. The summed E-state index contributed by atoms with van der Waals surface area (Å²) in [6, 6.07) is 2.07. The number of amides is 1. The zero-order valence-electron chi connectivity index (χ0n) is 10.8. The molecule has 0 fully saturated rings. The van der Waals surface area contributed by atoms with Gasteiger partial charge in [-0.2, -0.15) is 10.4 Å². The first-order valence-electron chi connectivity index (χ1n) is 6.09. The van der Waals surface area contributed by atoms with Gasteiger partial charge in [0.25, 0.3) is 0 Å². The lowest BCUT2D eigenvalue weighted by Crippen LogP contribution is -2.26. The van der Waals surface area contributed by atoms with Crippen LogP contribution in [-0.2, 0) is 11.3 Å². The van der Waals surface area contributed by atoms with E-state index in [-0.39, 0.29) is 5.91 Å². The van der Waals surface area contributed by atoms with Crippen molar-refractivity contribution in [1.29, 1.82) is 5.26 Å². The summed E-state index contributed by atoms with van der Waals surface area (Å²) in [5.74, 6) is 0.879. The molecule has 2 rings (SSSR count). The van der Waals surface area contributed by atoms with Crippen molar-refractivity contribution in [2.24, 2.45) is 0 Å². The molecule has 1 aliphatic rings. The number of rotatable bonds is 6. The van der Waals surface area contributed by atoms with Gasteiger partial charge in [-0.05, 0) is 0 Å². The zero-order chi connectivity index (χ0) is 14.5. The first-order valence-corrected chi connectivity index (χ1v) is 6.62. The molecular formula is C13H14ClN5O. The van der Waals surface area contributed by atoms with E-state index in [1.54, 1.807) is 15.7 Å². The predicted octanol–water partition coefficient (Wildman–Crippen LogP) is 1.32. The van der Waals surface area contributed by atoms with Crippen molar-refractivity contribution >= 4 is 23.3 Å². The summed E-state index contributed by atoms with van der Waals surface area (Å²) >= 11 is 5.71. The van der Waals surface area contributed by atoms with Crippen molar-refractivity contribution in [3.8, 4) is 6.07 Å². The molecule has 1 aliphatic heterocycles. The largest absolute Gasteiger partial charge is 0.341 e. The Hall–Kier alpha value is -2.26. The molecule has 0 aromatic carbocycles. The van der Waals surface area contributed by atoms with E-state index in [2.05, 4.69) is 23.1 Å². The molecule has 7 heteroatoms. The lowest BCUT2D eigenvalue weighted by molar-refractivity contribution is -0.124. The number of carbonyl (C=O) groups is 1. The Balaban J connectivity index is 2.17. The monoisotopic (exact) mass is 291 g/mol. The fourth-order valence-electron chi connectivity index (χ4n) is 1.96. The number of hydrogen-bond donors (Lipinski definition) is 1. The molecule has 0 saturated carbocycles. The summed E-state index contributed by atoms with van der Waals surface area (Å²) in [7, 11) is 0. The lowest BCUT2D eigenvalue weighted by Gasteiger charge is -2.15. The van der Waals surface area contributed by atoms with Crippen LogP contribution in [0, 0.1) is 11.3 Å². The van der Waals surface area contributed by atoms with Gasteiger partial charge in [0.1, 0.15) is 17.5 Å². The Kier molecular flexibility index (Phi) is 4.43. The molecule has 0 aliphatic carbocycles. The van der Waals surface area contributed by atoms with Gasteiger partial charge in [-0.25, -0.2) is 4.68 Å². The van der Waals surface area contributed by atoms with E-state index >= 15 is 0 Å². The Labute approximate surface area is 121 Å². The molecule has 0 atom stereocenters. The summed E-state index contributed by atoms with van der Waals surface area (Å²) in [5.41, 5.74) is 1.15. The van der Waals surface area contributed by atoms with Gasteiger partial charge in [0, 0.05) is 24.2 Å². The van der Waals surface area contributed by atoms with Crippen molar-refractivity contribution in [2.45, 2.75) is 6.54 Å². The van der Waals surface area contributed by atoms with Crippen molar-refractivity contribution in [3.63, 3.8) is 0 Å². The summed E-state index contributed by atoms with van der Waals surface area (Å²) in [5, 5.41) is 16.3. The first-order chi connectivity index (χ1) is 9.69. The van der Waals surface area contributed by atoms with Gasteiger partial charge < -0.3 is 10.2 Å². The van der Waals surface area contributed by atoms with E-state index in [4.69, 9.17) is 16.9 Å². The third-order valence-corrected chi connectivity index (χ3v) is 3.02. The van der Waals surface area contributed by atoms with Crippen LogP contribution in [0.4, 0.5) is 5.82 Å². The number of nitrogens with one attached hydrogen (secondary N) is 1. The second kappa shape index (κ2) is 6.26. The van der Waals surface area contributed by atoms with Crippen LogP contribution in [0.5, 0.6) is 0 Å². The highest BCUT2D eigenvalue weighted by molar-refractivity contribution is 6.17. The quantitative estimate of drug-likeness (QED) is 0.633. The molecule has 20 heavy (non-hydrogen) atoms. The number of nitrogens with zero attached hydrogens (tertiary/aromatic N) is 4. The normalized spacial score (nSPS) is 14.1. The van der Waals surface area contributed by atoms with E-state index in [1.165, 1.54) is 12.3 Å². The average molecular weight is 292 g/mol. The standard InChI is InChI=1S/C13H14ClN5O/c1-2-4-18-9-11(6-12(18)20)17-13-10(7-15)8-16-19(13)5-3-14/h2,6,8,17H,1,3-5,9H2. The SMILES string of the molecule is C=CCN1CC(Nc2c(C#N)cnn2CCCl)=CC1=O. The van der Waals surface area contributed by atoms with Crippen LogP contribution in [0.1, 0.15) is 5.56 Å². The highest BCUT2D eigenvalue weighted by atomic mass is 35.5. The predicted molar refractivity (Wildman–Crippen MR) is 76.1 cm³/mol. The van der Waals surface area contributed by atoms with Gasteiger partial charge in [-0.15, -0.1) is 18.2 Å². The van der Waals surface area contributed by atoms with Gasteiger partial charge in [0.2, 0.25) is 5.91 Å². The van der Waals surface area contributed by atoms with Crippen molar-refractivity contribution in [2.75, 3.05) is 24.3 Å². The summed E-state index contributed by atoms with van der Waals surface area (Å²) < 4.78 is 1.62. The summed E-state index contributed by atoms with van der Waals surface area (Å²) in [4.78, 5) is 13.4. The molecule has 2 heterocycles. The smallest absolute Gasteiger partial charge is 0.249 e. The maximum Gasteiger partial charge on any atom is 0.249 e. The van der Waals surface area contributed by atoms with Crippen LogP contribution in [-0.4, -0.2) is 39.6 Å². The van der Waals surface area contributed by atoms with Gasteiger partial charge >= 0.3 is 0 Å². The van der Waals surface area contributed by atoms with Gasteiger partial charge in [-0.1, -0.05) is 6.08 Å². The maximum absolute atomic E-state index is 11.7. The number of carbonyl (C=O) groups excluding carboxylic acids is 1. The van der Waals surface area contributed by atoms with Gasteiger partial charge in [0.15, 0.2) is 0 Å². The van der Waals surface area contributed by atoms with Crippen molar-refractivity contribution in [3.05, 3.63) is 36.2 Å². The molecule has 0 bridgehead atoms. The van der Waals surface area contributed by atoms with E-state index in [0.717, 1.165) is 5.70 Å². The number of nitriles is 1. The third-order valence-electron chi connectivity index (χ3n) is 2.86. The second-order valence-electron chi connectivity index (χ2n) is 4.23. The number of aromatic nitrogens is 2. The number of hydrogen-bond acceptors (Lipinski definition) is 4. The molecule has 1 aromatic rings. The number of alkyl halides is 1. The molecule has 1 N–H and O–H groups in total. The van der Waals surface area contributed by atoms with Crippen molar-refractivity contribution in [1.82, 2.24) is 14.7 Å². The number of halogens is 1. The van der Waals surface area contributed by atoms with E-state index in [9.17, 15) is 4.79 Å². The Morgan fingerprint density at radius 2 is 2.45 bits per heavy atom. The maximum atomic E-state index is 11.7. The number of aryl methyl sites for hydroxylation is 1. The molecule has 104 valence electrons. The fourth-order valence-corrected chi connectivity index (χ4v) is 2.12. The summed E-state index contributed by atoms with van der Waals surface area (Å²) in [6.45, 7) is 5.06. The molecule has 0 unspecified atom stereocenters. The van der Waals surface area contributed by atoms with Crippen LogP contribution in [0.15, 0.2) is 30.6 Å². The Morgan fingerprint density at radius 3 is 3.10 bits per heavy atom. The van der Waals surface area contributed by atoms with Crippen LogP contribution < -0.4 is 5.32 Å². The fraction of sp³-hybridized carbons (Fsp3) is 0.308. The van der Waals surface area contributed by atoms with Gasteiger partial charge in [-0.3, -0.25) is 4.79 Å². The minimum absolute atomic E-state index is 0.0747. The van der Waals surface area contributed by atoms with Gasteiger partial charge in [0.05, 0.1) is 19.3 Å². The van der Waals surface area contributed by atoms with Crippen LogP contribution in [0.25, 0.3) is 0 Å². The zero-order valence-corrected chi connectivity index (χ0v) is 11.6. The Morgan fingerprint density at radius 1 is 1.65 bits per heavy atom.